The van der Waals surface area contributed by atoms with Gasteiger partial charge >= 0.3 is 39.5 Å². The molecule has 0 fully saturated rings. The van der Waals surface area contributed by atoms with Crippen molar-refractivity contribution in [2.24, 2.45) is 17.8 Å². The molecule has 4 unspecified atom stereocenters. The van der Waals surface area contributed by atoms with Crippen molar-refractivity contribution in [1.82, 2.24) is 0 Å². The standard InChI is InChI=1S/C72H136O17P2/c1-8-10-11-12-13-14-15-16-17-18-19-23-32-39-46-53-69(74)82-59-67(88-71(76)55-48-41-34-24-21-20-22-29-36-43-50-63(3)4)61-86-90(78,79)84-57-66(73)58-85-91(80,81)87-62-68(60-83-70(75)54-47-40-33-27-25-30-37-44-51-64(5)6)89-72(77)56-49-42-35-28-26-31-38-45-52-65(7)9-2/h14-17,63-68,73H,8-13,18-62H2,1-7H3,(H,78,79)(H,80,81)/b15-14-,17-16-/t65?,66?,67-,68-/m1/s1. The Morgan fingerprint density at radius 2 is 0.648 bits per heavy atom. The lowest BCUT2D eigenvalue weighted by atomic mass is 9.99. The highest BCUT2D eigenvalue weighted by Gasteiger charge is 2.30. The van der Waals surface area contributed by atoms with E-state index in [-0.39, 0.29) is 25.7 Å². The van der Waals surface area contributed by atoms with Gasteiger partial charge in [-0.1, -0.05) is 285 Å². The molecule has 19 heteroatoms. The second-order valence-electron chi connectivity index (χ2n) is 26.5. The van der Waals surface area contributed by atoms with Gasteiger partial charge in [0, 0.05) is 25.7 Å². The third-order valence-electron chi connectivity index (χ3n) is 16.4. The number of unbranched alkanes of at least 4 members (excludes halogenated alkanes) is 32. The third-order valence-corrected chi connectivity index (χ3v) is 18.3. The fraction of sp³-hybridized carbons (Fsp3) is 0.889. The maximum atomic E-state index is 13.0. The number of hydrogen-bond acceptors (Lipinski definition) is 15. The minimum Gasteiger partial charge on any atom is -0.462 e. The van der Waals surface area contributed by atoms with Crippen molar-refractivity contribution in [2.75, 3.05) is 39.6 Å². The highest BCUT2D eigenvalue weighted by molar-refractivity contribution is 7.47. The zero-order valence-corrected chi connectivity index (χ0v) is 60.6. The normalized spacial score (nSPS) is 14.6. The van der Waals surface area contributed by atoms with E-state index in [1.54, 1.807) is 0 Å². The molecule has 0 radical (unpaired) electrons. The zero-order chi connectivity index (χ0) is 67.3. The molecule has 0 aromatic carbocycles. The Hall–Kier alpha value is -2.46. The summed E-state index contributed by atoms with van der Waals surface area (Å²) in [4.78, 5) is 72.6. The van der Waals surface area contributed by atoms with Crippen LogP contribution in [-0.2, 0) is 65.4 Å². The molecule has 6 atom stereocenters. The van der Waals surface area contributed by atoms with Crippen LogP contribution in [0.5, 0.6) is 0 Å². The van der Waals surface area contributed by atoms with Crippen molar-refractivity contribution in [3.8, 4) is 0 Å². The van der Waals surface area contributed by atoms with E-state index in [1.165, 1.54) is 128 Å². The number of esters is 4. The summed E-state index contributed by atoms with van der Waals surface area (Å²) in [5, 5.41) is 10.6. The molecule has 0 aromatic heterocycles. The molecule has 0 aliphatic carbocycles. The number of aliphatic hydroxyl groups is 1. The van der Waals surface area contributed by atoms with Gasteiger partial charge in [-0.15, -0.1) is 0 Å². The fourth-order valence-electron chi connectivity index (χ4n) is 10.3. The maximum absolute atomic E-state index is 13.0. The van der Waals surface area contributed by atoms with Crippen LogP contribution in [0.4, 0.5) is 0 Å². The highest BCUT2D eigenvalue weighted by atomic mass is 31.2. The summed E-state index contributed by atoms with van der Waals surface area (Å²) in [6.07, 6.45) is 49.4. The predicted molar refractivity (Wildman–Crippen MR) is 367 cm³/mol. The van der Waals surface area contributed by atoms with Gasteiger partial charge in [-0.05, 0) is 69.1 Å². The van der Waals surface area contributed by atoms with Crippen LogP contribution in [0, 0.1) is 17.8 Å². The summed E-state index contributed by atoms with van der Waals surface area (Å²) >= 11 is 0. The smallest absolute Gasteiger partial charge is 0.462 e. The zero-order valence-electron chi connectivity index (χ0n) is 58.8. The lowest BCUT2D eigenvalue weighted by molar-refractivity contribution is -0.161. The molecule has 0 bridgehead atoms. The molecule has 0 aromatic rings. The molecule has 0 spiro atoms. The van der Waals surface area contributed by atoms with Gasteiger partial charge in [0.05, 0.1) is 26.4 Å². The number of phosphoric ester groups is 2. The topological polar surface area (TPSA) is 237 Å². The maximum Gasteiger partial charge on any atom is 0.472 e. The van der Waals surface area contributed by atoms with Crippen LogP contribution in [0.3, 0.4) is 0 Å². The van der Waals surface area contributed by atoms with Crippen LogP contribution in [-0.4, -0.2) is 96.7 Å². The molecule has 3 N–H and O–H groups in total. The quantitative estimate of drug-likeness (QED) is 0.0169. The van der Waals surface area contributed by atoms with Gasteiger partial charge < -0.3 is 33.8 Å². The lowest BCUT2D eigenvalue weighted by Crippen LogP contribution is -2.30. The number of hydrogen-bond donors (Lipinski definition) is 3. The minimum atomic E-state index is -4.96. The summed E-state index contributed by atoms with van der Waals surface area (Å²) in [6, 6.07) is 0. The number of ether oxygens (including phenoxy) is 4. The van der Waals surface area contributed by atoms with Gasteiger partial charge in [0.15, 0.2) is 12.2 Å². The van der Waals surface area contributed by atoms with E-state index < -0.39 is 97.5 Å². The summed E-state index contributed by atoms with van der Waals surface area (Å²) in [5.41, 5.74) is 0. The monoisotopic (exact) mass is 1330 g/mol. The largest absolute Gasteiger partial charge is 0.472 e. The van der Waals surface area contributed by atoms with Gasteiger partial charge in [0.2, 0.25) is 0 Å². The Bertz CT molecular complexity index is 1880. The molecule has 0 aliphatic rings. The lowest BCUT2D eigenvalue weighted by Gasteiger charge is -2.21. The Labute approximate surface area is 554 Å². The Morgan fingerprint density at radius 1 is 0.363 bits per heavy atom. The molecule has 0 saturated heterocycles. The first-order chi connectivity index (χ1) is 43.8. The number of aliphatic hydroxyl groups excluding tert-OH is 1. The predicted octanol–water partition coefficient (Wildman–Crippen LogP) is 20.2. The van der Waals surface area contributed by atoms with E-state index in [0.717, 1.165) is 127 Å². The minimum absolute atomic E-state index is 0.0985. The summed E-state index contributed by atoms with van der Waals surface area (Å²) in [6.45, 7) is 11.7. The van der Waals surface area contributed by atoms with Crippen LogP contribution in [0.15, 0.2) is 24.3 Å². The highest BCUT2D eigenvalue weighted by Crippen LogP contribution is 2.45. The van der Waals surface area contributed by atoms with Crippen LogP contribution in [0.25, 0.3) is 0 Å². The molecular weight excluding hydrogens is 1200 g/mol. The van der Waals surface area contributed by atoms with Gasteiger partial charge in [-0.3, -0.25) is 37.3 Å². The fourth-order valence-corrected chi connectivity index (χ4v) is 11.9. The van der Waals surface area contributed by atoms with Gasteiger partial charge in [0.25, 0.3) is 0 Å². The Kier molecular flexibility index (Phi) is 60.7. The van der Waals surface area contributed by atoms with Crippen molar-refractivity contribution >= 4 is 39.5 Å². The van der Waals surface area contributed by atoms with Crippen LogP contribution < -0.4 is 0 Å². The Morgan fingerprint density at radius 3 is 0.978 bits per heavy atom. The third kappa shape index (κ3) is 64.6. The molecular formula is C72H136O17P2. The summed E-state index contributed by atoms with van der Waals surface area (Å²) in [5.74, 6) is 0.0858. The van der Waals surface area contributed by atoms with E-state index in [2.05, 4.69) is 72.8 Å². The first-order valence-corrected chi connectivity index (χ1v) is 39.7. The molecule has 91 heavy (non-hydrogen) atoms. The van der Waals surface area contributed by atoms with Crippen molar-refractivity contribution in [1.29, 1.82) is 0 Å². The van der Waals surface area contributed by atoms with Crippen molar-refractivity contribution < 1.29 is 80.2 Å². The molecule has 0 rings (SSSR count). The molecule has 0 aliphatic heterocycles. The van der Waals surface area contributed by atoms with E-state index in [1.807, 2.05) is 0 Å². The van der Waals surface area contributed by atoms with Gasteiger partial charge in [-0.25, -0.2) is 9.13 Å². The first kappa shape index (κ1) is 88.5. The molecule has 17 nitrogen and oxygen atoms in total. The summed E-state index contributed by atoms with van der Waals surface area (Å²) < 4.78 is 68.3. The Balaban J connectivity index is 5.30. The van der Waals surface area contributed by atoms with Crippen LogP contribution in [0.2, 0.25) is 0 Å². The van der Waals surface area contributed by atoms with Crippen molar-refractivity contribution in [3.63, 3.8) is 0 Å². The van der Waals surface area contributed by atoms with E-state index in [0.29, 0.717) is 25.7 Å². The average Bonchev–Trinajstić information content (AvgIpc) is 3.61. The average molecular weight is 1340 g/mol. The number of carbonyl (C=O) groups excluding carboxylic acids is 4. The van der Waals surface area contributed by atoms with Crippen molar-refractivity contribution in [3.05, 3.63) is 24.3 Å². The second-order valence-corrected chi connectivity index (χ2v) is 29.4. The number of phosphoric acid groups is 2. The first-order valence-electron chi connectivity index (χ1n) is 36.7. The number of carbonyl (C=O) groups is 4. The molecule has 536 valence electrons. The van der Waals surface area contributed by atoms with Gasteiger partial charge in [0.1, 0.15) is 19.3 Å². The van der Waals surface area contributed by atoms with E-state index in [4.69, 9.17) is 37.0 Å². The SMILES string of the molecule is CCCCCC/C=C\C=C/CCCCCCCC(=O)OC[C@H](COP(=O)(O)OCC(O)COP(=O)(O)OC[C@@H](COC(=O)CCCCCCCCCCC(C)C)OC(=O)CCCCCCCCCCC(C)CC)OC(=O)CCCCCCCCCCCCC(C)C. The molecule has 0 amide bonds. The number of rotatable bonds is 68. The van der Waals surface area contributed by atoms with E-state index in [9.17, 15) is 43.2 Å². The number of allylic oxidation sites excluding steroid dienone is 4. The van der Waals surface area contributed by atoms with Gasteiger partial charge in [-0.2, -0.15) is 0 Å². The second kappa shape index (κ2) is 62.4. The van der Waals surface area contributed by atoms with Crippen LogP contribution in [0.1, 0.15) is 337 Å². The van der Waals surface area contributed by atoms with Crippen molar-refractivity contribution in [2.45, 2.75) is 356 Å². The summed E-state index contributed by atoms with van der Waals surface area (Å²) in [7, 11) is -9.92. The van der Waals surface area contributed by atoms with E-state index >= 15 is 0 Å². The van der Waals surface area contributed by atoms with Crippen LogP contribution >= 0.6 is 15.6 Å². The molecule has 0 saturated carbocycles. The molecule has 0 heterocycles.